The van der Waals surface area contributed by atoms with Gasteiger partial charge in [-0.25, -0.2) is 4.98 Å². The summed E-state index contributed by atoms with van der Waals surface area (Å²) in [6.45, 7) is 1.74. The topological polar surface area (TPSA) is 46.5 Å². The molecule has 0 atom stereocenters. The third kappa shape index (κ3) is 3.51. The SMILES string of the molecule is O=C(Nc1ccccc1)C1CCN(c2cc[nH+]c3cc(Cl)ccc23)CC1. The molecule has 1 aromatic heterocycles. The first kappa shape index (κ1) is 16.9. The molecule has 4 nitrogen and oxygen atoms in total. The van der Waals surface area contributed by atoms with Gasteiger partial charge in [0.15, 0.2) is 6.20 Å². The van der Waals surface area contributed by atoms with Crippen LogP contribution in [0.1, 0.15) is 12.8 Å². The van der Waals surface area contributed by atoms with Gasteiger partial charge < -0.3 is 10.2 Å². The fourth-order valence-corrected chi connectivity index (χ4v) is 3.76. The molecule has 0 bridgehead atoms. The van der Waals surface area contributed by atoms with Crippen molar-refractivity contribution in [3.8, 4) is 0 Å². The fraction of sp³-hybridized carbons (Fsp3) is 0.238. The molecule has 1 aliphatic rings. The molecule has 0 aliphatic carbocycles. The molecule has 1 amide bonds. The van der Waals surface area contributed by atoms with Crippen LogP contribution >= 0.6 is 11.6 Å². The Hall–Kier alpha value is -2.59. The van der Waals surface area contributed by atoms with Crippen LogP contribution in [0.3, 0.4) is 0 Å². The number of rotatable bonds is 3. The van der Waals surface area contributed by atoms with Crippen LogP contribution in [0.4, 0.5) is 11.4 Å². The molecule has 1 fully saturated rings. The Balaban J connectivity index is 1.45. The Morgan fingerprint density at radius 2 is 1.85 bits per heavy atom. The Morgan fingerprint density at radius 1 is 1.08 bits per heavy atom. The van der Waals surface area contributed by atoms with E-state index in [2.05, 4.69) is 27.3 Å². The van der Waals surface area contributed by atoms with Gasteiger partial charge in [-0.2, -0.15) is 0 Å². The normalized spacial score (nSPS) is 15.2. The minimum atomic E-state index is 0.0578. The van der Waals surface area contributed by atoms with Crippen LogP contribution in [0.2, 0.25) is 5.02 Å². The van der Waals surface area contributed by atoms with Gasteiger partial charge in [0.25, 0.3) is 0 Å². The summed E-state index contributed by atoms with van der Waals surface area (Å²) in [7, 11) is 0. The van der Waals surface area contributed by atoms with Crippen LogP contribution in [0.15, 0.2) is 60.8 Å². The Kier molecular flexibility index (Phi) is 4.76. The number of anilines is 2. The largest absolute Gasteiger partial charge is 0.371 e. The van der Waals surface area contributed by atoms with E-state index in [0.29, 0.717) is 0 Å². The van der Waals surface area contributed by atoms with Gasteiger partial charge in [-0.1, -0.05) is 29.8 Å². The van der Waals surface area contributed by atoms with Crippen LogP contribution in [0.25, 0.3) is 10.9 Å². The maximum atomic E-state index is 12.5. The first-order valence-electron chi connectivity index (χ1n) is 8.91. The van der Waals surface area contributed by atoms with E-state index in [4.69, 9.17) is 11.6 Å². The summed E-state index contributed by atoms with van der Waals surface area (Å²) < 4.78 is 0. The third-order valence-electron chi connectivity index (χ3n) is 4.99. The van der Waals surface area contributed by atoms with E-state index >= 15 is 0 Å². The van der Waals surface area contributed by atoms with Crippen LogP contribution in [0, 0.1) is 5.92 Å². The quantitative estimate of drug-likeness (QED) is 0.756. The molecule has 132 valence electrons. The second-order valence-electron chi connectivity index (χ2n) is 6.67. The Labute approximate surface area is 157 Å². The van der Waals surface area contributed by atoms with Crippen molar-refractivity contribution in [2.75, 3.05) is 23.3 Å². The lowest BCUT2D eigenvalue weighted by Crippen LogP contribution is -2.38. The van der Waals surface area contributed by atoms with Crippen molar-refractivity contribution in [3.63, 3.8) is 0 Å². The van der Waals surface area contributed by atoms with Gasteiger partial charge in [0.2, 0.25) is 11.4 Å². The van der Waals surface area contributed by atoms with Crippen molar-refractivity contribution in [2.24, 2.45) is 5.92 Å². The predicted molar refractivity (Wildman–Crippen MR) is 106 cm³/mol. The number of nitrogens with zero attached hydrogens (tertiary/aromatic N) is 1. The van der Waals surface area contributed by atoms with Gasteiger partial charge in [-0.05, 0) is 37.1 Å². The Bertz CT molecular complexity index is 921. The van der Waals surface area contributed by atoms with Crippen molar-refractivity contribution >= 4 is 39.8 Å². The Morgan fingerprint density at radius 3 is 2.62 bits per heavy atom. The molecule has 3 aromatic rings. The molecule has 0 saturated carbocycles. The van der Waals surface area contributed by atoms with E-state index < -0.39 is 0 Å². The van der Waals surface area contributed by atoms with E-state index in [0.717, 1.165) is 47.5 Å². The smallest absolute Gasteiger partial charge is 0.227 e. The van der Waals surface area contributed by atoms with Gasteiger partial charge in [0.05, 0.1) is 11.1 Å². The van der Waals surface area contributed by atoms with Crippen molar-refractivity contribution in [3.05, 3.63) is 65.8 Å². The number of carbonyl (C=O) groups is 1. The predicted octanol–water partition coefficient (Wildman–Crippen LogP) is 4.16. The minimum absolute atomic E-state index is 0.0578. The average Bonchev–Trinajstić information content (AvgIpc) is 2.68. The number of H-pyrrole nitrogens is 1. The number of aromatic amines is 1. The maximum absolute atomic E-state index is 12.5. The van der Waals surface area contributed by atoms with Gasteiger partial charge >= 0.3 is 0 Å². The zero-order valence-electron chi connectivity index (χ0n) is 14.4. The lowest BCUT2D eigenvalue weighted by atomic mass is 9.95. The molecule has 0 radical (unpaired) electrons. The number of aromatic nitrogens is 1. The summed E-state index contributed by atoms with van der Waals surface area (Å²) in [5.74, 6) is 0.177. The standard InChI is InChI=1S/C21H20ClN3O/c22-16-6-7-18-19(14-16)23-11-8-20(18)25-12-9-15(10-13-25)21(26)24-17-4-2-1-3-5-17/h1-8,11,14-15H,9-10,12-13H2,(H,24,26)/p+1. The third-order valence-corrected chi connectivity index (χ3v) is 5.22. The summed E-state index contributed by atoms with van der Waals surface area (Å²) in [5.41, 5.74) is 3.08. The molecule has 4 rings (SSSR count). The average molecular weight is 367 g/mol. The highest BCUT2D eigenvalue weighted by molar-refractivity contribution is 6.31. The number of amides is 1. The van der Waals surface area contributed by atoms with Crippen LogP contribution < -0.4 is 15.2 Å². The van der Waals surface area contributed by atoms with Crippen LogP contribution in [0.5, 0.6) is 0 Å². The zero-order valence-corrected chi connectivity index (χ0v) is 15.2. The number of carbonyl (C=O) groups excluding carboxylic acids is 1. The second kappa shape index (κ2) is 7.34. The van der Waals surface area contributed by atoms with E-state index in [1.54, 1.807) is 0 Å². The number of fused-ring (bicyclic) bond motifs is 1. The number of nitrogens with one attached hydrogen (secondary N) is 2. The van der Waals surface area contributed by atoms with Crippen molar-refractivity contribution in [1.82, 2.24) is 0 Å². The molecule has 5 heteroatoms. The molecule has 0 spiro atoms. The van der Waals surface area contributed by atoms with Crippen molar-refractivity contribution in [1.29, 1.82) is 0 Å². The summed E-state index contributed by atoms with van der Waals surface area (Å²) in [5, 5.41) is 4.91. The van der Waals surface area contributed by atoms with E-state index in [9.17, 15) is 4.79 Å². The first-order chi connectivity index (χ1) is 12.7. The number of hydrogen-bond acceptors (Lipinski definition) is 2. The fourth-order valence-electron chi connectivity index (χ4n) is 3.58. The summed E-state index contributed by atoms with van der Waals surface area (Å²) in [6.07, 6.45) is 3.65. The number of hydrogen-bond donors (Lipinski definition) is 1. The molecule has 2 aromatic carbocycles. The molecule has 0 unspecified atom stereocenters. The van der Waals surface area contributed by atoms with Gasteiger partial charge in [-0.15, -0.1) is 0 Å². The summed E-state index contributed by atoms with van der Waals surface area (Å²) >= 11 is 6.10. The lowest BCUT2D eigenvalue weighted by molar-refractivity contribution is -0.344. The van der Waals surface area contributed by atoms with E-state index in [1.807, 2.05) is 48.7 Å². The second-order valence-corrected chi connectivity index (χ2v) is 7.11. The number of halogens is 1. The molecule has 1 saturated heterocycles. The lowest BCUT2D eigenvalue weighted by Gasteiger charge is -2.33. The molecule has 1 aliphatic heterocycles. The highest BCUT2D eigenvalue weighted by atomic mass is 35.5. The van der Waals surface area contributed by atoms with Crippen LogP contribution in [-0.2, 0) is 4.79 Å². The number of para-hydroxylation sites is 1. The molecular formula is C21H21ClN3O+. The molecule has 2 N–H and O–H groups in total. The van der Waals surface area contributed by atoms with Gasteiger partial charge in [0, 0.05) is 41.9 Å². The van der Waals surface area contributed by atoms with Crippen LogP contribution in [-0.4, -0.2) is 19.0 Å². The minimum Gasteiger partial charge on any atom is -0.371 e. The highest BCUT2D eigenvalue weighted by Gasteiger charge is 2.26. The van der Waals surface area contributed by atoms with Gasteiger partial charge in [-0.3, -0.25) is 4.79 Å². The zero-order chi connectivity index (χ0) is 17.9. The first-order valence-corrected chi connectivity index (χ1v) is 9.29. The number of piperidine rings is 1. The molecule has 2 heterocycles. The van der Waals surface area contributed by atoms with Gasteiger partial charge in [0.1, 0.15) is 0 Å². The number of pyridine rings is 1. The monoisotopic (exact) mass is 366 g/mol. The van der Waals surface area contributed by atoms with Crippen molar-refractivity contribution < 1.29 is 9.78 Å². The van der Waals surface area contributed by atoms with E-state index in [-0.39, 0.29) is 11.8 Å². The van der Waals surface area contributed by atoms with E-state index in [1.165, 1.54) is 5.69 Å². The highest BCUT2D eigenvalue weighted by Crippen LogP contribution is 2.30. The maximum Gasteiger partial charge on any atom is 0.227 e. The molecular weight excluding hydrogens is 346 g/mol. The summed E-state index contributed by atoms with van der Waals surface area (Å²) in [6, 6.07) is 17.7. The molecule has 26 heavy (non-hydrogen) atoms. The summed E-state index contributed by atoms with van der Waals surface area (Å²) in [4.78, 5) is 18.1. The number of benzene rings is 2. The van der Waals surface area contributed by atoms with Crippen molar-refractivity contribution in [2.45, 2.75) is 12.8 Å².